The van der Waals surface area contributed by atoms with Gasteiger partial charge in [-0.3, -0.25) is 4.98 Å². The summed E-state index contributed by atoms with van der Waals surface area (Å²) in [4.78, 5) is 6.27. The molecule has 31 heavy (non-hydrogen) atoms. The molecule has 2 aromatic carbocycles. The molecule has 0 amide bonds. The van der Waals surface area contributed by atoms with Gasteiger partial charge < -0.3 is 0 Å². The highest BCUT2D eigenvalue weighted by Gasteiger charge is 2.24. The number of hydrogen-bond acceptors (Lipinski definition) is 4. The molecule has 0 saturated heterocycles. The van der Waals surface area contributed by atoms with E-state index in [9.17, 15) is 12.8 Å². The first-order valence-corrected chi connectivity index (χ1v) is 12.7. The topological polar surface area (TPSA) is 59.1 Å². The van der Waals surface area contributed by atoms with Crippen LogP contribution in [0.4, 0.5) is 4.39 Å². The lowest BCUT2D eigenvalue weighted by Gasteiger charge is -2.18. The van der Waals surface area contributed by atoms with Crippen LogP contribution < -0.4 is 4.72 Å². The van der Waals surface area contributed by atoms with E-state index in [2.05, 4.69) is 9.71 Å². The zero-order valence-corrected chi connectivity index (χ0v) is 19.2. The van der Waals surface area contributed by atoms with Gasteiger partial charge in [0.05, 0.1) is 4.90 Å². The Labute approximate surface area is 187 Å². The van der Waals surface area contributed by atoms with Crippen molar-refractivity contribution in [2.45, 2.75) is 53.7 Å². The van der Waals surface area contributed by atoms with Gasteiger partial charge in [-0.2, -0.15) is 0 Å². The molecule has 0 saturated carbocycles. The van der Waals surface area contributed by atoms with Crippen molar-refractivity contribution in [1.29, 1.82) is 0 Å². The quantitative estimate of drug-likeness (QED) is 0.560. The van der Waals surface area contributed by atoms with E-state index >= 15 is 0 Å². The molecule has 1 aromatic heterocycles. The number of rotatable bonds is 6. The van der Waals surface area contributed by atoms with Gasteiger partial charge in [0, 0.05) is 34.6 Å². The molecule has 162 valence electrons. The second-order valence-corrected chi connectivity index (χ2v) is 10.8. The third kappa shape index (κ3) is 5.00. The number of aromatic nitrogens is 1. The first-order valence-electron chi connectivity index (χ1n) is 10.4. The number of nitrogens with one attached hydrogen (secondary N) is 1. The molecule has 2 heterocycles. The van der Waals surface area contributed by atoms with Crippen LogP contribution in [0.3, 0.4) is 0 Å². The maximum atomic E-state index is 13.8. The summed E-state index contributed by atoms with van der Waals surface area (Å²) in [5, 5.41) is 0. The highest BCUT2D eigenvalue weighted by Crippen LogP contribution is 2.40. The molecule has 0 radical (unpaired) electrons. The van der Waals surface area contributed by atoms with Gasteiger partial charge in [-0.05, 0) is 65.8 Å². The summed E-state index contributed by atoms with van der Waals surface area (Å²) in [7, 11) is -3.70. The molecule has 1 N–H and O–H groups in total. The largest absolute Gasteiger partial charge is 0.261 e. The third-order valence-electron chi connectivity index (χ3n) is 5.42. The van der Waals surface area contributed by atoms with Crippen LogP contribution in [-0.2, 0) is 29.3 Å². The standard InChI is InChI=1S/C24H25FN2O2S2/c1-16(2)21-13-18-7-6-17-8-9-19(25)14-22(17)30-23(18)15-24(21)31(28,29)27-12-10-20-5-3-4-11-26-20/h3-5,8-9,11,13-16,27H,6-7,10,12H2,1-2H3. The van der Waals surface area contributed by atoms with Gasteiger partial charge in [-0.15, -0.1) is 0 Å². The van der Waals surface area contributed by atoms with Crippen LogP contribution in [0.1, 0.15) is 42.1 Å². The lowest BCUT2D eigenvalue weighted by Crippen LogP contribution is -2.27. The van der Waals surface area contributed by atoms with E-state index in [1.165, 1.54) is 23.9 Å². The highest BCUT2D eigenvalue weighted by atomic mass is 32.2. The molecule has 4 rings (SSSR count). The van der Waals surface area contributed by atoms with Crippen LogP contribution >= 0.6 is 11.8 Å². The summed E-state index contributed by atoms with van der Waals surface area (Å²) < 4.78 is 43.0. The maximum Gasteiger partial charge on any atom is 0.240 e. The number of hydrogen-bond donors (Lipinski definition) is 1. The average molecular weight is 457 g/mol. The molecular formula is C24H25FN2O2S2. The molecule has 3 aromatic rings. The summed E-state index contributed by atoms with van der Waals surface area (Å²) in [6, 6.07) is 14.2. The smallest absolute Gasteiger partial charge is 0.240 e. The van der Waals surface area contributed by atoms with Gasteiger partial charge >= 0.3 is 0 Å². The molecule has 0 unspecified atom stereocenters. The van der Waals surface area contributed by atoms with Crippen molar-refractivity contribution < 1.29 is 12.8 Å². The average Bonchev–Trinajstić information content (AvgIpc) is 2.91. The van der Waals surface area contributed by atoms with Gasteiger partial charge in [-0.1, -0.05) is 43.8 Å². The molecular weight excluding hydrogens is 431 g/mol. The van der Waals surface area contributed by atoms with Gasteiger partial charge in [0.15, 0.2) is 0 Å². The van der Waals surface area contributed by atoms with Gasteiger partial charge in [0.2, 0.25) is 10.0 Å². The Bertz CT molecular complexity index is 1200. The number of pyridine rings is 1. The number of fused-ring (bicyclic) bond motifs is 2. The molecule has 0 fully saturated rings. The van der Waals surface area contributed by atoms with E-state index in [1.807, 2.05) is 44.2 Å². The molecule has 0 atom stereocenters. The molecule has 1 aliphatic rings. The van der Waals surface area contributed by atoms with Crippen molar-refractivity contribution in [3.8, 4) is 0 Å². The van der Waals surface area contributed by atoms with Gasteiger partial charge in [-0.25, -0.2) is 17.5 Å². The molecule has 0 bridgehead atoms. The fourth-order valence-corrected chi connectivity index (χ4v) is 6.41. The third-order valence-corrected chi connectivity index (χ3v) is 8.13. The summed E-state index contributed by atoms with van der Waals surface area (Å²) >= 11 is 1.45. The molecule has 0 aliphatic carbocycles. The van der Waals surface area contributed by atoms with E-state index in [1.54, 1.807) is 12.3 Å². The van der Waals surface area contributed by atoms with E-state index in [4.69, 9.17) is 0 Å². The van der Waals surface area contributed by atoms with Crippen LogP contribution in [0.2, 0.25) is 0 Å². The van der Waals surface area contributed by atoms with Crippen LogP contribution in [0.15, 0.2) is 69.4 Å². The predicted molar refractivity (Wildman–Crippen MR) is 122 cm³/mol. The van der Waals surface area contributed by atoms with Crippen LogP contribution in [0, 0.1) is 5.82 Å². The van der Waals surface area contributed by atoms with Crippen molar-refractivity contribution in [2.24, 2.45) is 0 Å². The number of aryl methyl sites for hydroxylation is 2. The minimum Gasteiger partial charge on any atom is -0.261 e. The van der Waals surface area contributed by atoms with Crippen LogP contribution in [0.5, 0.6) is 0 Å². The second kappa shape index (κ2) is 9.10. The Hall–Kier alpha value is -2.22. The van der Waals surface area contributed by atoms with E-state index in [-0.39, 0.29) is 18.3 Å². The minimum absolute atomic E-state index is 0.0562. The second-order valence-electron chi connectivity index (χ2n) is 7.98. The minimum atomic E-state index is -3.70. The summed E-state index contributed by atoms with van der Waals surface area (Å²) in [5.41, 5.74) is 3.84. The SMILES string of the molecule is CC(C)c1cc2c(cc1S(=O)(=O)NCCc1ccccn1)Sc1cc(F)ccc1CC2. The lowest BCUT2D eigenvalue weighted by atomic mass is 9.97. The Kier molecular flexibility index (Phi) is 6.46. The van der Waals surface area contributed by atoms with Crippen molar-refractivity contribution in [3.05, 3.63) is 82.9 Å². The maximum absolute atomic E-state index is 13.8. The van der Waals surface area contributed by atoms with Crippen molar-refractivity contribution in [2.75, 3.05) is 6.54 Å². The molecule has 4 nitrogen and oxygen atoms in total. The first-order chi connectivity index (χ1) is 14.8. The van der Waals surface area contributed by atoms with E-state index in [0.717, 1.165) is 45.0 Å². The fraction of sp³-hybridized carbons (Fsp3) is 0.292. The number of sulfonamides is 1. The molecule has 7 heteroatoms. The lowest BCUT2D eigenvalue weighted by molar-refractivity contribution is 0.578. The summed E-state index contributed by atoms with van der Waals surface area (Å²) in [6.07, 6.45) is 3.82. The zero-order chi connectivity index (χ0) is 22.0. The monoisotopic (exact) mass is 456 g/mol. The molecule has 0 spiro atoms. The van der Waals surface area contributed by atoms with Crippen LogP contribution in [0.25, 0.3) is 0 Å². The Morgan fingerprint density at radius 2 is 1.84 bits per heavy atom. The summed E-state index contributed by atoms with van der Waals surface area (Å²) in [5.74, 6) is -0.224. The van der Waals surface area contributed by atoms with Gasteiger partial charge in [0.25, 0.3) is 0 Å². The highest BCUT2D eigenvalue weighted by molar-refractivity contribution is 7.99. The van der Waals surface area contributed by atoms with Crippen LogP contribution in [-0.4, -0.2) is 19.9 Å². The molecule has 1 aliphatic heterocycles. The normalized spacial score (nSPS) is 13.5. The fourth-order valence-electron chi connectivity index (χ4n) is 3.75. The number of halogens is 1. The van der Waals surface area contributed by atoms with Crippen molar-refractivity contribution >= 4 is 21.8 Å². The van der Waals surface area contributed by atoms with Crippen molar-refractivity contribution in [3.63, 3.8) is 0 Å². The number of nitrogens with zero attached hydrogens (tertiary/aromatic N) is 1. The van der Waals surface area contributed by atoms with Crippen molar-refractivity contribution in [1.82, 2.24) is 9.71 Å². The van der Waals surface area contributed by atoms with Gasteiger partial charge in [0.1, 0.15) is 5.82 Å². The Balaban J connectivity index is 1.65. The number of benzene rings is 2. The van der Waals surface area contributed by atoms with E-state index < -0.39 is 10.0 Å². The Morgan fingerprint density at radius 3 is 2.58 bits per heavy atom. The first kappa shape index (κ1) is 22.0. The zero-order valence-electron chi connectivity index (χ0n) is 17.6. The summed E-state index contributed by atoms with van der Waals surface area (Å²) in [6.45, 7) is 4.28. The predicted octanol–water partition coefficient (Wildman–Crippen LogP) is 5.11. The Morgan fingerprint density at radius 1 is 1.06 bits per heavy atom. The van der Waals surface area contributed by atoms with E-state index in [0.29, 0.717) is 11.3 Å².